The van der Waals surface area contributed by atoms with Crippen LogP contribution in [0, 0.1) is 6.92 Å². The van der Waals surface area contributed by atoms with E-state index in [0.29, 0.717) is 22.6 Å². The van der Waals surface area contributed by atoms with Crippen molar-refractivity contribution in [3.63, 3.8) is 0 Å². The molecule has 2 aliphatic rings. The molecule has 0 saturated heterocycles. The number of methoxy groups -OCH3 is 1. The van der Waals surface area contributed by atoms with Gasteiger partial charge in [0.05, 0.1) is 19.9 Å². The lowest BCUT2D eigenvalue weighted by Crippen LogP contribution is -2.45. The molecule has 4 rings (SSSR count). The van der Waals surface area contributed by atoms with Crippen LogP contribution in [0.4, 0.5) is 5.69 Å². The highest BCUT2D eigenvalue weighted by atomic mass is 35.5. The second-order valence-electron chi connectivity index (χ2n) is 6.57. The largest absolute Gasteiger partial charge is 0.493 e. The number of rotatable bonds is 5. The monoisotopic (exact) mass is 394 g/mol. The summed E-state index contributed by atoms with van der Waals surface area (Å²) >= 11 is 6.33. The highest BCUT2D eigenvalue weighted by molar-refractivity contribution is 6.37. The highest BCUT2D eigenvalue weighted by Gasteiger charge is 2.39. The molecule has 1 atom stereocenters. The minimum atomic E-state index is 0.326. The molecular weight excluding hydrogens is 374 g/mol. The van der Waals surface area contributed by atoms with Crippen LogP contribution < -0.4 is 14.0 Å². The maximum absolute atomic E-state index is 6.33. The van der Waals surface area contributed by atoms with Crippen LogP contribution >= 0.6 is 11.6 Å². The zero-order valence-electron chi connectivity index (χ0n) is 16.0. The lowest BCUT2D eigenvalue weighted by atomic mass is 10.1. The molecule has 6 heteroatoms. The maximum atomic E-state index is 6.33. The zero-order chi connectivity index (χ0) is 19.7. The fourth-order valence-corrected chi connectivity index (χ4v) is 3.51. The smallest absolute Gasteiger partial charge is 0.261 e. The fourth-order valence-electron chi connectivity index (χ4n) is 3.33. The Labute approximate surface area is 169 Å². The third kappa shape index (κ3) is 3.03. The normalized spacial score (nSPS) is 19.9. The van der Waals surface area contributed by atoms with E-state index in [1.54, 1.807) is 19.5 Å². The van der Waals surface area contributed by atoms with Crippen molar-refractivity contribution in [3.05, 3.63) is 71.1 Å². The van der Waals surface area contributed by atoms with E-state index in [4.69, 9.17) is 21.1 Å². The van der Waals surface area contributed by atoms with Crippen LogP contribution in [0.5, 0.6) is 11.5 Å². The van der Waals surface area contributed by atoms with Crippen LogP contribution in [0.15, 0.2) is 65.0 Å². The first kappa shape index (κ1) is 18.5. The summed E-state index contributed by atoms with van der Waals surface area (Å²) < 4.78 is 11.5. The molecule has 0 aliphatic carbocycles. The van der Waals surface area contributed by atoms with E-state index in [0.717, 1.165) is 33.4 Å². The summed E-state index contributed by atoms with van der Waals surface area (Å²) in [5.41, 5.74) is 3.81. The van der Waals surface area contributed by atoms with E-state index in [1.807, 2.05) is 56.4 Å². The van der Waals surface area contributed by atoms with Crippen molar-refractivity contribution in [3.8, 4) is 11.5 Å². The minimum absolute atomic E-state index is 0.326. The van der Waals surface area contributed by atoms with Gasteiger partial charge in [-0.1, -0.05) is 23.7 Å². The summed E-state index contributed by atoms with van der Waals surface area (Å²) in [4.78, 5) is 9.10. The van der Waals surface area contributed by atoms with Gasteiger partial charge >= 0.3 is 0 Å². The van der Waals surface area contributed by atoms with Crippen molar-refractivity contribution in [1.82, 2.24) is 4.48 Å². The second-order valence-corrected chi connectivity index (χ2v) is 6.97. The molecule has 0 radical (unpaired) electrons. The van der Waals surface area contributed by atoms with Crippen molar-refractivity contribution in [1.29, 1.82) is 0 Å². The van der Waals surface area contributed by atoms with Crippen LogP contribution in [0.3, 0.4) is 0 Å². The minimum Gasteiger partial charge on any atom is -0.493 e. The van der Waals surface area contributed by atoms with Crippen LogP contribution in [0.25, 0.3) is 5.70 Å². The predicted molar refractivity (Wildman–Crippen MR) is 115 cm³/mol. The summed E-state index contributed by atoms with van der Waals surface area (Å²) in [6.07, 6.45) is 7.68. The number of quaternary nitrogens is 1. The molecule has 0 N–H and O–H groups in total. The van der Waals surface area contributed by atoms with E-state index < -0.39 is 0 Å². The average molecular weight is 395 g/mol. The number of halogens is 1. The summed E-state index contributed by atoms with van der Waals surface area (Å²) in [6.45, 7) is 4.51. The lowest BCUT2D eigenvalue weighted by molar-refractivity contribution is 0.311. The Balaban J connectivity index is 1.83. The van der Waals surface area contributed by atoms with E-state index in [-0.39, 0.29) is 0 Å². The number of ether oxygens (including phenoxy) is 2. The SMILES string of the molecule is CCOc1ccc([N+]23C=CN=C2C=NC(c2ccc(C)c(Cl)c2)=C3)cc1OC. The Kier molecular flexibility index (Phi) is 4.79. The molecule has 2 aliphatic heterocycles. The van der Waals surface area contributed by atoms with Gasteiger partial charge in [0, 0.05) is 22.7 Å². The molecule has 2 aromatic rings. The molecule has 0 amide bonds. The van der Waals surface area contributed by atoms with Gasteiger partial charge in [0.2, 0.25) is 0 Å². The van der Waals surface area contributed by atoms with Gasteiger partial charge in [-0.15, -0.1) is 0 Å². The molecule has 0 saturated carbocycles. The third-order valence-electron chi connectivity index (χ3n) is 4.87. The summed E-state index contributed by atoms with van der Waals surface area (Å²) in [6, 6.07) is 11.9. The standard InChI is InChI=1S/C22H21ClN3O2/c1-4-28-20-8-7-17(12-21(20)27-3)26-10-9-24-22(26)13-25-19(14-26)16-6-5-15(2)18(23)11-16/h5-14H,4H2,1-3H3/q+1. The number of hydrogen-bond donors (Lipinski definition) is 0. The molecule has 1 unspecified atom stereocenters. The topological polar surface area (TPSA) is 43.2 Å². The summed E-state index contributed by atoms with van der Waals surface area (Å²) in [5, 5.41) is 0.722. The lowest BCUT2D eigenvalue weighted by Gasteiger charge is -2.29. The average Bonchev–Trinajstić information content (AvgIpc) is 3.15. The Bertz CT molecular complexity index is 1060. The van der Waals surface area contributed by atoms with Crippen molar-refractivity contribution in [2.45, 2.75) is 13.8 Å². The van der Waals surface area contributed by atoms with Gasteiger partial charge < -0.3 is 9.47 Å². The quantitative estimate of drug-likeness (QED) is 0.643. The zero-order valence-corrected chi connectivity index (χ0v) is 16.8. The number of amidine groups is 1. The van der Waals surface area contributed by atoms with Crippen LogP contribution in [-0.4, -0.2) is 25.8 Å². The maximum Gasteiger partial charge on any atom is 0.261 e. The molecular formula is C22H21ClN3O2+. The van der Waals surface area contributed by atoms with E-state index in [1.165, 1.54) is 0 Å². The predicted octanol–water partition coefficient (Wildman–Crippen LogP) is 5.33. The molecule has 2 heterocycles. The van der Waals surface area contributed by atoms with Crippen LogP contribution in [0.2, 0.25) is 5.02 Å². The molecule has 0 spiro atoms. The van der Waals surface area contributed by atoms with Gasteiger partial charge in [0.15, 0.2) is 17.2 Å². The number of aliphatic imine (C=N–C) groups is 2. The first-order valence-corrected chi connectivity index (χ1v) is 9.44. The second kappa shape index (κ2) is 7.26. The van der Waals surface area contributed by atoms with Crippen molar-refractivity contribution >= 4 is 35.0 Å². The Morgan fingerprint density at radius 1 is 1.11 bits per heavy atom. The first-order chi connectivity index (χ1) is 13.6. The van der Waals surface area contributed by atoms with E-state index >= 15 is 0 Å². The Hall–Kier alpha value is -2.89. The Morgan fingerprint density at radius 3 is 2.71 bits per heavy atom. The van der Waals surface area contributed by atoms with Gasteiger partial charge in [0.1, 0.15) is 24.3 Å². The van der Waals surface area contributed by atoms with Gasteiger partial charge in [-0.3, -0.25) is 0 Å². The van der Waals surface area contributed by atoms with Crippen molar-refractivity contribution in [2.24, 2.45) is 9.98 Å². The summed E-state index contributed by atoms with van der Waals surface area (Å²) in [7, 11) is 1.64. The number of nitrogens with zero attached hydrogens (tertiary/aromatic N) is 3. The van der Waals surface area contributed by atoms with Gasteiger partial charge in [-0.2, -0.15) is 9.48 Å². The number of aryl methyl sites for hydroxylation is 1. The van der Waals surface area contributed by atoms with E-state index in [2.05, 4.69) is 16.2 Å². The molecule has 5 nitrogen and oxygen atoms in total. The van der Waals surface area contributed by atoms with Gasteiger partial charge in [0.25, 0.3) is 5.84 Å². The molecule has 0 aromatic heterocycles. The van der Waals surface area contributed by atoms with Gasteiger partial charge in [-0.25, -0.2) is 4.99 Å². The number of fused-ring (bicyclic) bond motifs is 1. The van der Waals surface area contributed by atoms with E-state index in [9.17, 15) is 0 Å². The molecule has 0 bridgehead atoms. The molecule has 2 aromatic carbocycles. The van der Waals surface area contributed by atoms with Crippen molar-refractivity contribution in [2.75, 3.05) is 13.7 Å². The molecule has 0 fully saturated rings. The highest BCUT2D eigenvalue weighted by Crippen LogP contribution is 2.39. The fraction of sp³-hybridized carbons (Fsp3) is 0.182. The third-order valence-corrected chi connectivity index (χ3v) is 5.28. The van der Waals surface area contributed by atoms with Crippen LogP contribution in [0.1, 0.15) is 18.1 Å². The number of benzene rings is 2. The summed E-state index contributed by atoms with van der Waals surface area (Å²) in [5.74, 6) is 2.21. The van der Waals surface area contributed by atoms with Crippen molar-refractivity contribution < 1.29 is 9.47 Å². The first-order valence-electron chi connectivity index (χ1n) is 9.07. The Morgan fingerprint density at radius 2 is 1.96 bits per heavy atom. The molecule has 142 valence electrons. The van der Waals surface area contributed by atoms with Crippen LogP contribution in [-0.2, 0) is 0 Å². The number of hydrogen-bond acceptors (Lipinski definition) is 4. The van der Waals surface area contributed by atoms with Gasteiger partial charge in [-0.05, 0) is 31.5 Å². The molecule has 28 heavy (non-hydrogen) atoms.